The lowest BCUT2D eigenvalue weighted by molar-refractivity contribution is -0.144. The Morgan fingerprint density at radius 3 is 3.12 bits per heavy atom. The van der Waals surface area contributed by atoms with Crippen molar-refractivity contribution in [3.8, 4) is 0 Å². The number of morpholine rings is 1. The second-order valence-electron chi connectivity index (χ2n) is 4.94. The van der Waals surface area contributed by atoms with Crippen LogP contribution in [0.1, 0.15) is 26.7 Å². The van der Waals surface area contributed by atoms with E-state index in [0.717, 1.165) is 13.1 Å². The van der Waals surface area contributed by atoms with E-state index < -0.39 is 0 Å². The number of ether oxygens (including phenoxy) is 2. The number of ketones is 1. The fraction of sp³-hybridized carbons (Fsp3) is 0.917. The molecule has 0 aromatic heterocycles. The molecule has 92 valence electrons. The number of carbonyl (C=O) groups excluding carboxylic acids is 1. The van der Waals surface area contributed by atoms with E-state index in [1.807, 2.05) is 13.8 Å². The molecule has 0 spiro atoms. The Kier molecular flexibility index (Phi) is 3.95. The number of Topliss-reactive ketones (excluding diaryl/α,β-unsaturated/α-hetero) is 1. The number of fused-ring (bicyclic) bond motifs is 1. The summed E-state index contributed by atoms with van der Waals surface area (Å²) in [5, 5.41) is 0. The van der Waals surface area contributed by atoms with E-state index in [9.17, 15) is 4.79 Å². The Bertz CT molecular complexity index is 255. The Morgan fingerprint density at radius 2 is 2.38 bits per heavy atom. The quantitative estimate of drug-likeness (QED) is 0.713. The molecule has 16 heavy (non-hydrogen) atoms. The van der Waals surface area contributed by atoms with Gasteiger partial charge in [-0.3, -0.25) is 9.69 Å². The molecule has 0 amide bonds. The van der Waals surface area contributed by atoms with Crippen LogP contribution in [0.5, 0.6) is 0 Å². The van der Waals surface area contributed by atoms with E-state index in [4.69, 9.17) is 9.47 Å². The van der Waals surface area contributed by atoms with Crippen LogP contribution in [0.2, 0.25) is 0 Å². The third-order valence-electron chi connectivity index (χ3n) is 3.31. The Morgan fingerprint density at radius 1 is 1.56 bits per heavy atom. The first-order chi connectivity index (χ1) is 7.66. The largest absolute Gasteiger partial charge is 0.371 e. The van der Waals surface area contributed by atoms with E-state index in [0.29, 0.717) is 12.6 Å². The molecular weight excluding hydrogens is 206 g/mol. The molecule has 0 aromatic rings. The fourth-order valence-corrected chi connectivity index (χ4v) is 2.35. The third kappa shape index (κ3) is 2.81. The van der Waals surface area contributed by atoms with Crippen molar-refractivity contribution < 1.29 is 14.3 Å². The van der Waals surface area contributed by atoms with Gasteiger partial charge in [0.25, 0.3) is 0 Å². The van der Waals surface area contributed by atoms with Crippen LogP contribution >= 0.6 is 0 Å². The summed E-state index contributed by atoms with van der Waals surface area (Å²) >= 11 is 0. The number of hydrogen-bond donors (Lipinski definition) is 0. The van der Waals surface area contributed by atoms with Crippen molar-refractivity contribution >= 4 is 5.78 Å². The summed E-state index contributed by atoms with van der Waals surface area (Å²) in [5.41, 5.74) is 0. The van der Waals surface area contributed by atoms with E-state index in [1.165, 1.54) is 12.8 Å². The van der Waals surface area contributed by atoms with Crippen LogP contribution in [0.25, 0.3) is 0 Å². The maximum Gasteiger partial charge on any atom is 0.188 e. The summed E-state index contributed by atoms with van der Waals surface area (Å²) in [6.45, 7) is 6.63. The van der Waals surface area contributed by atoms with Crippen molar-refractivity contribution in [3.05, 3.63) is 0 Å². The molecule has 0 bridgehead atoms. The van der Waals surface area contributed by atoms with Gasteiger partial charge in [-0.25, -0.2) is 0 Å². The van der Waals surface area contributed by atoms with Crippen LogP contribution in [0.3, 0.4) is 0 Å². The minimum Gasteiger partial charge on any atom is -0.371 e. The topological polar surface area (TPSA) is 38.8 Å². The summed E-state index contributed by atoms with van der Waals surface area (Å²) in [6, 6.07) is 0.551. The maximum atomic E-state index is 11.8. The van der Waals surface area contributed by atoms with Crippen LogP contribution in [0, 0.1) is 0 Å². The first-order valence-corrected chi connectivity index (χ1v) is 6.17. The van der Waals surface area contributed by atoms with Gasteiger partial charge >= 0.3 is 0 Å². The van der Waals surface area contributed by atoms with Crippen molar-refractivity contribution in [2.75, 3.05) is 26.3 Å². The van der Waals surface area contributed by atoms with Crippen LogP contribution in [0.15, 0.2) is 0 Å². The fourth-order valence-electron chi connectivity index (χ4n) is 2.35. The van der Waals surface area contributed by atoms with Gasteiger partial charge in [0, 0.05) is 12.6 Å². The van der Waals surface area contributed by atoms with Gasteiger partial charge in [0.05, 0.1) is 12.7 Å². The molecule has 2 atom stereocenters. The zero-order chi connectivity index (χ0) is 11.5. The van der Waals surface area contributed by atoms with Gasteiger partial charge in [-0.2, -0.15) is 0 Å². The van der Waals surface area contributed by atoms with Crippen molar-refractivity contribution in [2.24, 2.45) is 0 Å². The van der Waals surface area contributed by atoms with Crippen molar-refractivity contribution in [1.82, 2.24) is 4.90 Å². The Labute approximate surface area is 96.9 Å². The van der Waals surface area contributed by atoms with Gasteiger partial charge in [0.15, 0.2) is 5.78 Å². The molecule has 4 heteroatoms. The molecule has 0 radical (unpaired) electrons. The molecular formula is C12H21NO3. The number of hydrogen-bond acceptors (Lipinski definition) is 4. The van der Waals surface area contributed by atoms with Crippen molar-refractivity contribution in [3.63, 3.8) is 0 Å². The predicted molar refractivity (Wildman–Crippen MR) is 60.4 cm³/mol. The standard InChI is InChI=1S/C12H21NO3/c1-9(2)15-8-11(14)12-6-13-5-3-4-10(13)7-16-12/h9-10,12H,3-8H2,1-2H3. The Balaban J connectivity index is 1.79. The molecule has 0 saturated carbocycles. The molecule has 2 saturated heterocycles. The number of rotatable bonds is 4. The van der Waals surface area contributed by atoms with E-state index >= 15 is 0 Å². The highest BCUT2D eigenvalue weighted by molar-refractivity contribution is 5.84. The summed E-state index contributed by atoms with van der Waals surface area (Å²) in [7, 11) is 0. The van der Waals surface area contributed by atoms with Crippen LogP contribution < -0.4 is 0 Å². The highest BCUT2D eigenvalue weighted by Crippen LogP contribution is 2.22. The molecule has 4 nitrogen and oxygen atoms in total. The lowest BCUT2D eigenvalue weighted by Crippen LogP contribution is -2.49. The number of nitrogens with zero attached hydrogens (tertiary/aromatic N) is 1. The van der Waals surface area contributed by atoms with Gasteiger partial charge in [0.1, 0.15) is 12.7 Å². The first kappa shape index (κ1) is 12.0. The van der Waals surface area contributed by atoms with Gasteiger partial charge in [0.2, 0.25) is 0 Å². The molecule has 0 aromatic carbocycles. The average molecular weight is 227 g/mol. The predicted octanol–water partition coefficient (Wildman–Crippen LogP) is 0.844. The van der Waals surface area contributed by atoms with E-state index in [1.54, 1.807) is 0 Å². The third-order valence-corrected chi connectivity index (χ3v) is 3.31. The minimum absolute atomic E-state index is 0.0825. The molecule has 2 fully saturated rings. The molecule has 2 aliphatic heterocycles. The lowest BCUT2D eigenvalue weighted by atomic mass is 10.1. The minimum atomic E-state index is -0.270. The molecule has 0 aliphatic carbocycles. The monoisotopic (exact) mass is 227 g/mol. The summed E-state index contributed by atoms with van der Waals surface area (Å²) in [6.07, 6.45) is 2.28. The molecule has 2 aliphatic rings. The highest BCUT2D eigenvalue weighted by atomic mass is 16.5. The van der Waals surface area contributed by atoms with Crippen LogP contribution in [-0.2, 0) is 14.3 Å². The van der Waals surface area contributed by atoms with E-state index in [-0.39, 0.29) is 24.6 Å². The molecule has 2 heterocycles. The summed E-state index contributed by atoms with van der Waals surface area (Å²) < 4.78 is 10.9. The SMILES string of the molecule is CC(C)OCC(=O)C1CN2CCCC2CO1. The average Bonchev–Trinajstić information content (AvgIpc) is 2.72. The van der Waals surface area contributed by atoms with Crippen LogP contribution in [-0.4, -0.2) is 55.2 Å². The van der Waals surface area contributed by atoms with Gasteiger partial charge in [-0.15, -0.1) is 0 Å². The molecule has 0 N–H and O–H groups in total. The van der Waals surface area contributed by atoms with Gasteiger partial charge < -0.3 is 9.47 Å². The normalized spacial score (nSPS) is 30.7. The molecule has 2 rings (SSSR count). The smallest absolute Gasteiger partial charge is 0.188 e. The van der Waals surface area contributed by atoms with Crippen molar-refractivity contribution in [2.45, 2.75) is 44.9 Å². The lowest BCUT2D eigenvalue weighted by Gasteiger charge is -2.34. The maximum absolute atomic E-state index is 11.8. The second-order valence-corrected chi connectivity index (χ2v) is 4.94. The van der Waals surface area contributed by atoms with Gasteiger partial charge in [-0.05, 0) is 33.2 Å². The zero-order valence-corrected chi connectivity index (χ0v) is 10.1. The Hall–Kier alpha value is -0.450. The first-order valence-electron chi connectivity index (χ1n) is 6.17. The zero-order valence-electron chi connectivity index (χ0n) is 10.1. The number of carbonyl (C=O) groups is 1. The van der Waals surface area contributed by atoms with Gasteiger partial charge in [-0.1, -0.05) is 0 Å². The van der Waals surface area contributed by atoms with E-state index in [2.05, 4.69) is 4.90 Å². The summed E-state index contributed by atoms with van der Waals surface area (Å²) in [4.78, 5) is 14.2. The van der Waals surface area contributed by atoms with Crippen LogP contribution in [0.4, 0.5) is 0 Å². The summed E-state index contributed by atoms with van der Waals surface area (Å²) in [5.74, 6) is 0.0825. The van der Waals surface area contributed by atoms with Crippen molar-refractivity contribution in [1.29, 1.82) is 0 Å². The second kappa shape index (κ2) is 5.25. The highest BCUT2D eigenvalue weighted by Gasteiger charge is 2.35. The molecule has 2 unspecified atom stereocenters.